The molecule has 0 unspecified atom stereocenters. The van der Waals surface area contributed by atoms with E-state index in [9.17, 15) is 4.39 Å². The van der Waals surface area contributed by atoms with Crippen molar-refractivity contribution < 1.29 is 13.9 Å². The fourth-order valence-corrected chi connectivity index (χ4v) is 1.64. The maximum Gasteiger partial charge on any atom is 0.124 e. The van der Waals surface area contributed by atoms with Gasteiger partial charge >= 0.3 is 0 Å². The van der Waals surface area contributed by atoms with Gasteiger partial charge in [0.05, 0.1) is 18.7 Å². The molecule has 19 heavy (non-hydrogen) atoms. The molecule has 0 heterocycles. The molecule has 0 radical (unpaired) electrons. The van der Waals surface area contributed by atoms with Crippen LogP contribution in [0.25, 0.3) is 0 Å². The molecule has 0 saturated carbocycles. The van der Waals surface area contributed by atoms with Crippen molar-refractivity contribution in [2.45, 2.75) is 6.61 Å². The topological polar surface area (TPSA) is 42.2 Å². The van der Waals surface area contributed by atoms with Gasteiger partial charge in [-0.3, -0.25) is 0 Å². The Hall–Kier alpha value is -2.54. The van der Waals surface area contributed by atoms with E-state index in [4.69, 9.17) is 14.7 Å². The first kappa shape index (κ1) is 12.9. The van der Waals surface area contributed by atoms with Gasteiger partial charge in [-0.25, -0.2) is 4.39 Å². The van der Waals surface area contributed by atoms with Crippen molar-refractivity contribution in [2.75, 3.05) is 7.11 Å². The van der Waals surface area contributed by atoms with Crippen LogP contribution in [0.1, 0.15) is 11.1 Å². The first-order valence-corrected chi connectivity index (χ1v) is 5.67. The number of nitriles is 1. The molecule has 0 amide bonds. The molecule has 96 valence electrons. The fourth-order valence-electron chi connectivity index (χ4n) is 1.64. The molecule has 4 heteroatoms. The number of benzene rings is 2. The average molecular weight is 257 g/mol. The van der Waals surface area contributed by atoms with Gasteiger partial charge in [0, 0.05) is 0 Å². The zero-order valence-corrected chi connectivity index (χ0v) is 10.4. The van der Waals surface area contributed by atoms with Gasteiger partial charge in [0.2, 0.25) is 0 Å². The van der Waals surface area contributed by atoms with E-state index in [1.807, 2.05) is 6.07 Å². The largest absolute Gasteiger partial charge is 0.497 e. The van der Waals surface area contributed by atoms with Gasteiger partial charge in [-0.15, -0.1) is 0 Å². The van der Waals surface area contributed by atoms with Crippen LogP contribution in [0, 0.1) is 17.1 Å². The van der Waals surface area contributed by atoms with Gasteiger partial charge in [-0.05, 0) is 48.0 Å². The molecule has 0 atom stereocenters. The maximum absolute atomic E-state index is 13.2. The molecule has 0 aromatic heterocycles. The number of hydrogen-bond donors (Lipinski definition) is 0. The van der Waals surface area contributed by atoms with Crippen molar-refractivity contribution in [3.8, 4) is 17.6 Å². The Morgan fingerprint density at radius 2 is 1.79 bits per heavy atom. The molecule has 0 spiro atoms. The highest BCUT2D eigenvalue weighted by Crippen LogP contribution is 2.18. The lowest BCUT2D eigenvalue weighted by molar-refractivity contribution is 0.305. The summed E-state index contributed by atoms with van der Waals surface area (Å²) in [7, 11) is 1.59. The van der Waals surface area contributed by atoms with E-state index in [-0.39, 0.29) is 12.2 Å². The lowest BCUT2D eigenvalue weighted by atomic mass is 10.1. The molecule has 0 fully saturated rings. The number of ether oxygens (including phenoxy) is 2. The molecule has 2 rings (SSSR count). The third kappa shape index (κ3) is 3.46. The Bertz CT molecular complexity index is 603. The molecular formula is C15H12FNO2. The molecule has 0 aliphatic heterocycles. The highest BCUT2D eigenvalue weighted by molar-refractivity contribution is 5.34. The summed E-state index contributed by atoms with van der Waals surface area (Å²) in [5, 5.41) is 8.76. The van der Waals surface area contributed by atoms with Crippen LogP contribution in [0.15, 0.2) is 42.5 Å². The predicted octanol–water partition coefficient (Wildman–Crippen LogP) is 3.28. The van der Waals surface area contributed by atoms with Gasteiger partial charge in [0.1, 0.15) is 23.9 Å². The van der Waals surface area contributed by atoms with Gasteiger partial charge in [0.25, 0.3) is 0 Å². The van der Waals surface area contributed by atoms with Crippen LogP contribution >= 0.6 is 0 Å². The van der Waals surface area contributed by atoms with Gasteiger partial charge < -0.3 is 9.47 Å². The third-order valence-corrected chi connectivity index (χ3v) is 2.55. The van der Waals surface area contributed by atoms with Crippen molar-refractivity contribution in [1.29, 1.82) is 5.26 Å². The van der Waals surface area contributed by atoms with Gasteiger partial charge in [-0.2, -0.15) is 5.26 Å². The van der Waals surface area contributed by atoms with Crippen LogP contribution in [-0.4, -0.2) is 7.11 Å². The number of hydrogen-bond acceptors (Lipinski definition) is 3. The molecule has 0 aliphatic carbocycles. The van der Waals surface area contributed by atoms with Crippen molar-refractivity contribution in [2.24, 2.45) is 0 Å². The zero-order chi connectivity index (χ0) is 13.7. The molecule has 0 saturated heterocycles. The summed E-state index contributed by atoms with van der Waals surface area (Å²) in [6.45, 7) is 0.207. The van der Waals surface area contributed by atoms with Crippen LogP contribution in [0.3, 0.4) is 0 Å². The quantitative estimate of drug-likeness (QED) is 0.844. The first-order valence-electron chi connectivity index (χ1n) is 5.67. The van der Waals surface area contributed by atoms with E-state index in [0.29, 0.717) is 11.3 Å². The lowest BCUT2D eigenvalue weighted by Crippen LogP contribution is -1.97. The first-order chi connectivity index (χ1) is 9.21. The summed E-state index contributed by atoms with van der Waals surface area (Å²) in [5.74, 6) is 0.959. The Morgan fingerprint density at radius 3 is 2.42 bits per heavy atom. The van der Waals surface area contributed by atoms with Gasteiger partial charge in [0.15, 0.2) is 0 Å². The second-order valence-corrected chi connectivity index (χ2v) is 3.92. The number of nitrogens with zero attached hydrogens (tertiary/aromatic N) is 1. The zero-order valence-electron chi connectivity index (χ0n) is 10.4. The van der Waals surface area contributed by atoms with Crippen LogP contribution in [0.4, 0.5) is 4.39 Å². The normalized spacial score (nSPS) is 9.74. The second-order valence-electron chi connectivity index (χ2n) is 3.92. The smallest absolute Gasteiger partial charge is 0.124 e. The Kier molecular flexibility index (Phi) is 3.99. The Morgan fingerprint density at radius 1 is 1.11 bits per heavy atom. The van der Waals surface area contributed by atoms with E-state index in [1.54, 1.807) is 37.4 Å². The predicted molar refractivity (Wildman–Crippen MR) is 68.4 cm³/mol. The minimum absolute atomic E-state index is 0.207. The minimum atomic E-state index is -0.438. The highest BCUT2D eigenvalue weighted by atomic mass is 19.1. The number of rotatable bonds is 4. The summed E-state index contributed by atoms with van der Waals surface area (Å²) >= 11 is 0. The Labute approximate surface area is 110 Å². The monoisotopic (exact) mass is 257 g/mol. The van der Waals surface area contributed by atoms with Gasteiger partial charge in [-0.1, -0.05) is 0 Å². The lowest BCUT2D eigenvalue weighted by Gasteiger charge is -2.07. The van der Waals surface area contributed by atoms with Crippen LogP contribution < -0.4 is 9.47 Å². The molecule has 0 bridgehead atoms. The van der Waals surface area contributed by atoms with Crippen molar-refractivity contribution >= 4 is 0 Å². The molecule has 0 aliphatic rings. The molecule has 0 N–H and O–H groups in total. The summed E-state index contributed by atoms with van der Waals surface area (Å²) in [6.07, 6.45) is 0. The SMILES string of the molecule is COc1ccc(OCc2cc(F)cc(C#N)c2)cc1. The standard InChI is InChI=1S/C15H12FNO2/c1-18-14-2-4-15(5-3-14)19-10-12-6-11(9-17)7-13(16)8-12/h2-8H,10H2,1H3. The molecule has 2 aromatic carbocycles. The summed E-state index contributed by atoms with van der Waals surface area (Å²) in [4.78, 5) is 0. The van der Waals surface area contributed by atoms with Crippen LogP contribution in [-0.2, 0) is 6.61 Å². The van der Waals surface area contributed by atoms with E-state index in [1.165, 1.54) is 12.1 Å². The average Bonchev–Trinajstić information content (AvgIpc) is 2.45. The Balaban J connectivity index is 2.05. The van der Waals surface area contributed by atoms with Crippen LogP contribution in [0.2, 0.25) is 0 Å². The van der Waals surface area contributed by atoms with E-state index in [2.05, 4.69) is 0 Å². The maximum atomic E-state index is 13.2. The third-order valence-electron chi connectivity index (χ3n) is 2.55. The summed E-state index contributed by atoms with van der Waals surface area (Å²) in [6, 6.07) is 13.1. The van der Waals surface area contributed by atoms with Crippen LogP contribution in [0.5, 0.6) is 11.5 Å². The molecule has 2 aromatic rings. The molecule has 3 nitrogen and oxygen atoms in total. The fraction of sp³-hybridized carbons (Fsp3) is 0.133. The number of methoxy groups -OCH3 is 1. The second kappa shape index (κ2) is 5.87. The van der Waals surface area contributed by atoms with E-state index < -0.39 is 5.82 Å². The molecular weight excluding hydrogens is 245 g/mol. The number of halogens is 1. The van der Waals surface area contributed by atoms with Crippen molar-refractivity contribution in [1.82, 2.24) is 0 Å². The van der Waals surface area contributed by atoms with E-state index >= 15 is 0 Å². The van der Waals surface area contributed by atoms with Crippen molar-refractivity contribution in [3.63, 3.8) is 0 Å². The summed E-state index contributed by atoms with van der Waals surface area (Å²) in [5.41, 5.74) is 0.903. The van der Waals surface area contributed by atoms with Crippen molar-refractivity contribution in [3.05, 3.63) is 59.4 Å². The highest BCUT2D eigenvalue weighted by Gasteiger charge is 2.02. The van der Waals surface area contributed by atoms with E-state index in [0.717, 1.165) is 5.75 Å². The summed E-state index contributed by atoms with van der Waals surface area (Å²) < 4.78 is 23.8. The minimum Gasteiger partial charge on any atom is -0.497 e.